The van der Waals surface area contributed by atoms with Crippen molar-refractivity contribution in [3.8, 4) is 23.3 Å². The van der Waals surface area contributed by atoms with Crippen LogP contribution in [0.25, 0.3) is 0 Å². The Balaban J connectivity index is 0.00000109. The molecule has 0 amide bonds. The molecule has 1 nitrogen and oxygen atoms in total. The average molecular weight is 335 g/mol. The summed E-state index contributed by atoms with van der Waals surface area (Å²) in [5.41, 5.74) is 2.31. The van der Waals surface area contributed by atoms with Crippen LogP contribution >= 0.6 is 0 Å². The number of ether oxygens (including phenoxy) is 1. The van der Waals surface area contributed by atoms with Crippen LogP contribution in [-0.2, 0) is 0 Å². The quantitative estimate of drug-likeness (QED) is 0.538. The minimum absolute atomic E-state index is 0.578. The highest BCUT2D eigenvalue weighted by Gasteiger charge is 2.15. The summed E-state index contributed by atoms with van der Waals surface area (Å²) in [6, 6.07) is 16.2. The van der Waals surface area contributed by atoms with E-state index in [0.717, 1.165) is 23.0 Å². The lowest BCUT2D eigenvalue weighted by Gasteiger charge is -2.21. The Morgan fingerprint density at radius 3 is 1.88 bits per heavy atom. The van der Waals surface area contributed by atoms with Gasteiger partial charge in [-0.3, -0.25) is 0 Å². The lowest BCUT2D eigenvalue weighted by atomic mass is 9.83. The molecule has 1 aliphatic carbocycles. The number of rotatable bonds is 2. The smallest absolute Gasteiger partial charge is 0.127 e. The molecular weight excluding hydrogens is 304 g/mol. The summed E-state index contributed by atoms with van der Waals surface area (Å²) < 4.78 is 5.85. The van der Waals surface area contributed by atoms with Crippen LogP contribution in [0.1, 0.15) is 57.6 Å². The Hall–Kier alpha value is -2.20. The SMILES string of the molecule is CC.Cc1ccc(Oc2ccc(C#CC3CCC(C)CC3)cc2)cc1. The molecule has 2 aromatic rings. The molecule has 0 heterocycles. The topological polar surface area (TPSA) is 9.23 Å². The van der Waals surface area contributed by atoms with Crippen molar-refractivity contribution in [2.24, 2.45) is 11.8 Å². The van der Waals surface area contributed by atoms with E-state index in [1.54, 1.807) is 0 Å². The molecule has 1 aliphatic rings. The van der Waals surface area contributed by atoms with Crippen molar-refractivity contribution in [1.29, 1.82) is 0 Å². The fourth-order valence-electron chi connectivity index (χ4n) is 2.94. The maximum absolute atomic E-state index is 5.85. The molecule has 0 spiro atoms. The predicted molar refractivity (Wildman–Crippen MR) is 107 cm³/mol. The highest BCUT2D eigenvalue weighted by molar-refractivity contribution is 5.40. The second-order valence-corrected chi connectivity index (χ2v) is 6.67. The minimum atomic E-state index is 0.578. The molecule has 25 heavy (non-hydrogen) atoms. The molecule has 132 valence electrons. The Bertz CT molecular complexity index is 678. The van der Waals surface area contributed by atoms with Gasteiger partial charge >= 0.3 is 0 Å². The molecule has 3 rings (SSSR count). The van der Waals surface area contributed by atoms with Crippen LogP contribution in [0.15, 0.2) is 48.5 Å². The van der Waals surface area contributed by atoms with Gasteiger partial charge in [-0.05, 0) is 74.9 Å². The van der Waals surface area contributed by atoms with E-state index in [0.29, 0.717) is 5.92 Å². The highest BCUT2D eigenvalue weighted by atomic mass is 16.5. The molecule has 0 unspecified atom stereocenters. The summed E-state index contributed by atoms with van der Waals surface area (Å²) in [5, 5.41) is 0. The number of hydrogen-bond acceptors (Lipinski definition) is 1. The van der Waals surface area contributed by atoms with Gasteiger partial charge in [0.15, 0.2) is 0 Å². The number of hydrogen-bond donors (Lipinski definition) is 0. The van der Waals surface area contributed by atoms with Crippen molar-refractivity contribution in [2.75, 3.05) is 0 Å². The molecule has 2 aromatic carbocycles. The van der Waals surface area contributed by atoms with E-state index in [1.807, 2.05) is 50.2 Å². The molecule has 0 aliphatic heterocycles. The lowest BCUT2D eigenvalue weighted by Crippen LogP contribution is -2.10. The second kappa shape index (κ2) is 9.94. The van der Waals surface area contributed by atoms with Crippen molar-refractivity contribution in [3.05, 3.63) is 59.7 Å². The second-order valence-electron chi connectivity index (χ2n) is 6.67. The van der Waals surface area contributed by atoms with Gasteiger partial charge in [-0.15, -0.1) is 0 Å². The zero-order valence-corrected chi connectivity index (χ0v) is 16.0. The Morgan fingerprint density at radius 2 is 1.32 bits per heavy atom. The van der Waals surface area contributed by atoms with Crippen LogP contribution in [0.2, 0.25) is 0 Å². The van der Waals surface area contributed by atoms with E-state index < -0.39 is 0 Å². The fraction of sp³-hybridized carbons (Fsp3) is 0.417. The van der Waals surface area contributed by atoms with Gasteiger partial charge in [0.25, 0.3) is 0 Å². The van der Waals surface area contributed by atoms with Crippen LogP contribution in [0, 0.1) is 30.6 Å². The third kappa shape index (κ3) is 6.31. The first-order valence-electron chi connectivity index (χ1n) is 9.55. The van der Waals surface area contributed by atoms with E-state index in [2.05, 4.69) is 37.8 Å². The fourth-order valence-corrected chi connectivity index (χ4v) is 2.94. The van der Waals surface area contributed by atoms with Gasteiger partial charge in [0.05, 0.1) is 0 Å². The lowest BCUT2D eigenvalue weighted by molar-refractivity contribution is 0.337. The van der Waals surface area contributed by atoms with E-state index in [4.69, 9.17) is 4.74 Å². The summed E-state index contributed by atoms with van der Waals surface area (Å²) >= 11 is 0. The molecule has 1 saturated carbocycles. The number of benzene rings is 2. The highest BCUT2D eigenvalue weighted by Crippen LogP contribution is 2.28. The summed E-state index contributed by atoms with van der Waals surface area (Å²) in [6.45, 7) is 8.42. The van der Waals surface area contributed by atoms with Gasteiger partial charge in [-0.25, -0.2) is 0 Å². The summed E-state index contributed by atoms with van der Waals surface area (Å²) in [5.74, 6) is 9.94. The van der Waals surface area contributed by atoms with E-state index in [9.17, 15) is 0 Å². The summed E-state index contributed by atoms with van der Waals surface area (Å²) in [6.07, 6.45) is 5.15. The third-order valence-electron chi connectivity index (χ3n) is 4.55. The predicted octanol–water partition coefficient (Wildman–Crippen LogP) is 6.99. The summed E-state index contributed by atoms with van der Waals surface area (Å²) in [4.78, 5) is 0. The van der Waals surface area contributed by atoms with E-state index in [1.165, 1.54) is 31.2 Å². The van der Waals surface area contributed by atoms with Gasteiger partial charge in [0.2, 0.25) is 0 Å². The van der Waals surface area contributed by atoms with Crippen molar-refractivity contribution < 1.29 is 4.74 Å². The van der Waals surface area contributed by atoms with E-state index in [-0.39, 0.29) is 0 Å². The molecule has 0 aromatic heterocycles. The average Bonchev–Trinajstić information content (AvgIpc) is 2.66. The van der Waals surface area contributed by atoms with Crippen molar-refractivity contribution >= 4 is 0 Å². The van der Waals surface area contributed by atoms with Crippen LogP contribution in [0.3, 0.4) is 0 Å². The maximum Gasteiger partial charge on any atom is 0.127 e. The zero-order chi connectivity index (χ0) is 18.1. The molecule has 1 heteroatoms. The number of aryl methyl sites for hydroxylation is 1. The zero-order valence-electron chi connectivity index (χ0n) is 16.0. The van der Waals surface area contributed by atoms with E-state index >= 15 is 0 Å². The van der Waals surface area contributed by atoms with Crippen LogP contribution in [-0.4, -0.2) is 0 Å². The van der Waals surface area contributed by atoms with Crippen LogP contribution < -0.4 is 4.74 Å². The molecule has 0 bridgehead atoms. The normalized spacial score (nSPS) is 19.0. The minimum Gasteiger partial charge on any atom is -0.457 e. The van der Waals surface area contributed by atoms with Crippen molar-refractivity contribution in [1.82, 2.24) is 0 Å². The first kappa shape index (κ1) is 19.1. The molecular formula is C24H30O. The first-order valence-corrected chi connectivity index (χ1v) is 9.55. The Kier molecular flexibility index (Phi) is 7.61. The standard InChI is InChI=1S/C22H24O.C2H6/c1-17-3-7-19(8-4-17)9-10-20-11-15-22(16-12-20)23-21-13-5-18(2)6-14-21;1-2/h5-6,11-17,19H,3-4,7-8H2,1-2H3;1-2H3. The van der Waals surface area contributed by atoms with Crippen molar-refractivity contribution in [2.45, 2.75) is 53.4 Å². The molecule has 0 saturated heterocycles. The van der Waals surface area contributed by atoms with Gasteiger partial charge < -0.3 is 4.74 Å². The van der Waals surface area contributed by atoms with Crippen LogP contribution in [0.5, 0.6) is 11.5 Å². The molecule has 1 fully saturated rings. The summed E-state index contributed by atoms with van der Waals surface area (Å²) in [7, 11) is 0. The molecule has 0 N–H and O–H groups in total. The molecule has 0 atom stereocenters. The first-order chi connectivity index (χ1) is 12.2. The maximum atomic E-state index is 5.85. The Morgan fingerprint density at radius 1 is 0.800 bits per heavy atom. The Labute approximate surface area is 153 Å². The monoisotopic (exact) mass is 334 g/mol. The largest absolute Gasteiger partial charge is 0.457 e. The van der Waals surface area contributed by atoms with Gasteiger partial charge in [-0.2, -0.15) is 0 Å². The molecule has 0 radical (unpaired) electrons. The van der Waals surface area contributed by atoms with Crippen LogP contribution in [0.4, 0.5) is 0 Å². The van der Waals surface area contributed by atoms with Gasteiger partial charge in [0, 0.05) is 11.5 Å². The van der Waals surface area contributed by atoms with Gasteiger partial charge in [-0.1, -0.05) is 50.3 Å². The van der Waals surface area contributed by atoms with Crippen molar-refractivity contribution in [3.63, 3.8) is 0 Å². The third-order valence-corrected chi connectivity index (χ3v) is 4.55. The van der Waals surface area contributed by atoms with Gasteiger partial charge in [0.1, 0.15) is 11.5 Å².